The van der Waals surface area contributed by atoms with Gasteiger partial charge in [0, 0.05) is 46.4 Å². The van der Waals surface area contributed by atoms with Crippen molar-refractivity contribution < 1.29 is 24.2 Å². The molecule has 2 N–H and O–H groups in total. The first kappa shape index (κ1) is 48.4. The van der Waals surface area contributed by atoms with Crippen LogP contribution in [0, 0.1) is 35.5 Å². The second-order valence-corrected chi connectivity index (χ2v) is 19.5. The van der Waals surface area contributed by atoms with E-state index in [0.717, 1.165) is 99.1 Å². The number of esters is 2. The molecule has 0 amide bonds. The largest absolute Gasteiger partial charge is 0.510 e. The van der Waals surface area contributed by atoms with E-state index in [1.54, 1.807) is 0 Å². The molecule has 1 fully saturated rings. The Morgan fingerprint density at radius 2 is 1.53 bits per heavy atom. The van der Waals surface area contributed by atoms with Crippen LogP contribution in [-0.2, 0) is 19.1 Å². The zero-order chi connectivity index (χ0) is 46.4. The summed E-state index contributed by atoms with van der Waals surface area (Å²) in [4.78, 5) is 42.4. The molecule has 9 nitrogen and oxygen atoms in total. The molecule has 8 bridgehead atoms. The lowest BCUT2D eigenvalue weighted by molar-refractivity contribution is -0.144. The van der Waals surface area contributed by atoms with Crippen molar-refractivity contribution in [1.82, 2.24) is 5.32 Å². The van der Waals surface area contributed by atoms with Crippen molar-refractivity contribution in [3.8, 4) is 0 Å². The molecule has 1 unspecified atom stereocenters. The van der Waals surface area contributed by atoms with Crippen LogP contribution in [0.3, 0.4) is 0 Å². The van der Waals surface area contributed by atoms with Crippen LogP contribution in [0.4, 0.5) is 0 Å². The van der Waals surface area contributed by atoms with Crippen molar-refractivity contribution in [3.05, 3.63) is 116 Å². The number of carbonyl (C=O) groups excluding carboxylic acids is 2. The lowest BCUT2D eigenvalue weighted by atomic mass is 9.84. The number of ether oxygens (including phenoxy) is 2. The monoisotopic (exact) mass is 871 g/mol. The molecule has 0 spiro atoms. The fourth-order valence-electron chi connectivity index (χ4n) is 10.2. The zero-order valence-corrected chi connectivity index (χ0v) is 40.7. The summed E-state index contributed by atoms with van der Waals surface area (Å²) in [6.07, 6.45) is 22.7. The summed E-state index contributed by atoms with van der Waals surface area (Å²) < 4.78 is 11.1. The summed E-state index contributed by atoms with van der Waals surface area (Å²) in [5.74, 6) is -0.0182. The molecule has 1 saturated heterocycles. The van der Waals surface area contributed by atoms with Gasteiger partial charge in [-0.2, -0.15) is 0 Å². The second-order valence-electron chi connectivity index (χ2n) is 19.5. The van der Waals surface area contributed by atoms with Crippen LogP contribution in [0.5, 0.6) is 0 Å². The summed E-state index contributed by atoms with van der Waals surface area (Å²) in [6.45, 7) is 26.2. The number of nitrogens with one attached hydrogen (secondary N) is 1. The van der Waals surface area contributed by atoms with Gasteiger partial charge in [0.2, 0.25) is 0 Å². The molecule has 5 atom stereocenters. The number of aliphatic imine (C=N–C) groups is 3. The highest BCUT2D eigenvalue weighted by atomic mass is 16.5. The van der Waals surface area contributed by atoms with Crippen molar-refractivity contribution in [3.63, 3.8) is 0 Å². The first-order chi connectivity index (χ1) is 30.6. The molecule has 0 aromatic heterocycles. The molecule has 0 aromatic carbocycles. The van der Waals surface area contributed by atoms with Crippen LogP contribution < -0.4 is 5.32 Å². The van der Waals surface area contributed by atoms with Gasteiger partial charge in [0.1, 0.15) is 18.3 Å². The Balaban J connectivity index is 1.20. The predicted octanol–water partition coefficient (Wildman–Crippen LogP) is 13.0. The second kappa shape index (κ2) is 21.3. The highest BCUT2D eigenvalue weighted by Gasteiger charge is 2.49. The number of rotatable bonds is 20. The lowest BCUT2D eigenvalue weighted by Gasteiger charge is -2.20. The Morgan fingerprint density at radius 1 is 0.875 bits per heavy atom. The van der Waals surface area contributed by atoms with Crippen molar-refractivity contribution in [2.45, 2.75) is 146 Å². The van der Waals surface area contributed by atoms with Crippen LogP contribution in [0.15, 0.2) is 131 Å². The summed E-state index contributed by atoms with van der Waals surface area (Å²) >= 11 is 0. The highest BCUT2D eigenvalue weighted by molar-refractivity contribution is 6.24. The van der Waals surface area contributed by atoms with Gasteiger partial charge >= 0.3 is 11.9 Å². The number of aliphatic hydroxyl groups excluding tert-OH is 1. The SMILES string of the molecule is C=CC1=C(C)C2=NC1=CC1=NC(=CC3=C(C)C4=C(O)C(C(=O)OC)C(=C5NC(=C2)[C@@H](C)[C@@H]5CCC(=O)OC/C=C(\C)CCC[C@H](C)CCC[C@H](C)CCCC(C)C)C4=N3)C(CC)=C1C. The minimum Gasteiger partial charge on any atom is -0.510 e. The van der Waals surface area contributed by atoms with Gasteiger partial charge in [0.05, 0.1) is 41.3 Å². The summed E-state index contributed by atoms with van der Waals surface area (Å²) in [5.41, 5.74) is 13.3. The first-order valence-electron chi connectivity index (χ1n) is 24.1. The van der Waals surface area contributed by atoms with E-state index in [9.17, 15) is 14.7 Å². The Labute approximate surface area is 383 Å². The molecule has 5 aliphatic heterocycles. The number of methoxy groups -OCH3 is 1. The number of aliphatic hydroxyl groups is 1. The molecular formula is C55H74N4O5. The van der Waals surface area contributed by atoms with Crippen LogP contribution >= 0.6 is 0 Å². The first-order valence-corrected chi connectivity index (χ1v) is 24.1. The van der Waals surface area contributed by atoms with Crippen molar-refractivity contribution in [2.24, 2.45) is 50.5 Å². The van der Waals surface area contributed by atoms with E-state index in [2.05, 4.69) is 73.4 Å². The summed E-state index contributed by atoms with van der Waals surface area (Å²) in [6, 6.07) is 0. The Kier molecular flexibility index (Phi) is 16.1. The molecule has 64 heavy (non-hydrogen) atoms. The van der Waals surface area contributed by atoms with Crippen molar-refractivity contribution in [1.29, 1.82) is 0 Å². The fraction of sp³-hybridized carbons (Fsp3) is 0.545. The number of fused-ring (bicyclic) bond motifs is 5. The number of allylic oxidation sites excluding steroid dienone is 12. The zero-order valence-electron chi connectivity index (χ0n) is 40.7. The number of hydrogen-bond acceptors (Lipinski definition) is 9. The predicted molar refractivity (Wildman–Crippen MR) is 262 cm³/mol. The molecule has 5 heterocycles. The van der Waals surface area contributed by atoms with Crippen molar-refractivity contribution >= 4 is 29.1 Å². The maximum absolute atomic E-state index is 13.6. The van der Waals surface area contributed by atoms with Gasteiger partial charge in [-0.3, -0.25) is 9.59 Å². The van der Waals surface area contributed by atoms with Crippen LogP contribution in [-0.4, -0.2) is 47.9 Å². The summed E-state index contributed by atoms with van der Waals surface area (Å²) in [5, 5.41) is 15.6. The molecule has 0 radical (unpaired) electrons. The molecule has 6 aliphatic rings. The van der Waals surface area contributed by atoms with Gasteiger partial charge in [-0.25, -0.2) is 15.0 Å². The van der Waals surface area contributed by atoms with E-state index < -0.39 is 11.9 Å². The van der Waals surface area contributed by atoms with Gasteiger partial charge in [-0.15, -0.1) is 0 Å². The third kappa shape index (κ3) is 10.6. The average molecular weight is 871 g/mol. The Morgan fingerprint density at radius 3 is 2.19 bits per heavy atom. The fourth-order valence-corrected chi connectivity index (χ4v) is 10.2. The maximum atomic E-state index is 13.6. The molecular weight excluding hydrogens is 797 g/mol. The van der Waals surface area contributed by atoms with Gasteiger partial charge < -0.3 is 19.9 Å². The smallest absolute Gasteiger partial charge is 0.321 e. The van der Waals surface area contributed by atoms with Crippen LogP contribution in [0.2, 0.25) is 0 Å². The average Bonchev–Trinajstić information content (AvgIpc) is 3.99. The molecule has 6 rings (SSSR count). The Bertz CT molecular complexity index is 2300. The number of hydrogen-bond donors (Lipinski definition) is 2. The third-order valence-corrected chi connectivity index (χ3v) is 14.3. The standard InChI is InChI=1S/C55H74N4O5/c1-13-39-35(8)42-28-44-37(10)41(24-25-48(60)64-27-26-34(7)23-17-22-33(6)21-16-20-32(5)19-15-18-31(3)4)52(58-44)50-51(55(62)63-12)54(61)49-38(11)45(59-53(49)50)30-47-40(14-2)36(9)43(57-47)29-46(39)56-42/h13,26,28-33,37,41,51,58,61H,1,14-25,27H2,2-12H3/b34-26+,44-28?,46-29?,47-30?,52-50?/t32-,33-,37+,41+,51?/m1/s1. The molecule has 0 aromatic rings. The quantitative estimate of drug-likeness (QED) is 0.0928. The summed E-state index contributed by atoms with van der Waals surface area (Å²) in [7, 11) is 1.33. The van der Waals surface area contributed by atoms with Gasteiger partial charge in [-0.05, 0) is 118 Å². The van der Waals surface area contributed by atoms with E-state index in [-0.39, 0.29) is 36.6 Å². The molecule has 344 valence electrons. The number of carbonyl (C=O) groups is 2. The van der Waals surface area contributed by atoms with Crippen LogP contribution in [0.1, 0.15) is 146 Å². The van der Waals surface area contributed by atoms with E-state index in [4.69, 9.17) is 24.5 Å². The van der Waals surface area contributed by atoms with E-state index >= 15 is 0 Å². The van der Waals surface area contributed by atoms with Gasteiger partial charge in [0.15, 0.2) is 0 Å². The minimum atomic E-state index is -1.08. The van der Waals surface area contributed by atoms with Gasteiger partial charge in [-0.1, -0.05) is 105 Å². The van der Waals surface area contributed by atoms with Crippen molar-refractivity contribution in [2.75, 3.05) is 13.7 Å². The minimum absolute atomic E-state index is 0.0838. The Hall–Kier alpha value is -5.05. The number of nitrogens with zero attached hydrogens (tertiary/aromatic N) is 3. The van der Waals surface area contributed by atoms with Gasteiger partial charge in [0.25, 0.3) is 0 Å². The maximum Gasteiger partial charge on any atom is 0.321 e. The normalized spacial score (nSPS) is 22.8. The molecule has 1 aliphatic carbocycles. The van der Waals surface area contributed by atoms with E-state index in [1.807, 2.05) is 38.2 Å². The molecule has 9 heteroatoms. The van der Waals surface area contributed by atoms with Crippen LogP contribution in [0.25, 0.3) is 0 Å². The topological polar surface area (TPSA) is 122 Å². The van der Waals surface area contributed by atoms with E-state index in [0.29, 0.717) is 29.0 Å². The molecule has 0 saturated carbocycles. The highest BCUT2D eigenvalue weighted by Crippen LogP contribution is 2.49. The third-order valence-electron chi connectivity index (χ3n) is 14.3. The lowest BCUT2D eigenvalue weighted by Crippen LogP contribution is -2.25. The van der Waals surface area contributed by atoms with E-state index in [1.165, 1.54) is 57.6 Å².